The average Bonchev–Trinajstić information content (AvgIpc) is 3.01. The first-order chi connectivity index (χ1) is 11.1. The Morgan fingerprint density at radius 3 is 3.00 bits per heavy atom. The van der Waals surface area contributed by atoms with E-state index in [9.17, 15) is 9.90 Å². The van der Waals surface area contributed by atoms with Crippen molar-refractivity contribution >= 4 is 6.03 Å². The lowest BCUT2D eigenvalue weighted by atomic mass is 9.94. The zero-order chi connectivity index (χ0) is 16.2. The van der Waals surface area contributed by atoms with Gasteiger partial charge in [-0.25, -0.2) is 4.79 Å². The molecule has 1 aliphatic carbocycles. The Hall–Kier alpha value is -2.34. The molecule has 6 nitrogen and oxygen atoms in total. The van der Waals surface area contributed by atoms with Gasteiger partial charge >= 0.3 is 6.03 Å². The third-order valence-corrected chi connectivity index (χ3v) is 4.27. The number of aryl methyl sites for hydroxylation is 2. The van der Waals surface area contributed by atoms with Gasteiger partial charge in [-0.2, -0.15) is 5.10 Å². The number of aliphatic hydroxyl groups is 1. The van der Waals surface area contributed by atoms with Crippen LogP contribution < -0.4 is 10.6 Å². The van der Waals surface area contributed by atoms with Gasteiger partial charge in [0, 0.05) is 24.7 Å². The van der Waals surface area contributed by atoms with E-state index in [1.807, 2.05) is 37.4 Å². The van der Waals surface area contributed by atoms with Crippen molar-refractivity contribution in [2.45, 2.75) is 38.3 Å². The number of hydrogen-bond acceptors (Lipinski definition) is 3. The first-order valence-electron chi connectivity index (χ1n) is 7.92. The van der Waals surface area contributed by atoms with Crippen LogP contribution in [0.5, 0.6) is 0 Å². The molecule has 6 heteroatoms. The Morgan fingerprint density at radius 2 is 2.22 bits per heavy atom. The molecule has 2 amide bonds. The van der Waals surface area contributed by atoms with Gasteiger partial charge in [0.15, 0.2) is 0 Å². The maximum atomic E-state index is 12.0. The second-order valence-corrected chi connectivity index (χ2v) is 6.09. The van der Waals surface area contributed by atoms with E-state index in [0.29, 0.717) is 0 Å². The fourth-order valence-electron chi connectivity index (χ4n) is 2.86. The summed E-state index contributed by atoms with van der Waals surface area (Å²) < 4.78 is 0. The summed E-state index contributed by atoms with van der Waals surface area (Å²) in [6.07, 6.45) is 3.74. The molecule has 1 aliphatic rings. The van der Waals surface area contributed by atoms with Crippen LogP contribution in [0, 0.1) is 6.92 Å². The van der Waals surface area contributed by atoms with Gasteiger partial charge in [-0.3, -0.25) is 5.10 Å². The third kappa shape index (κ3) is 3.90. The van der Waals surface area contributed by atoms with Gasteiger partial charge < -0.3 is 15.7 Å². The SMILES string of the molecule is Cc1ccc([C@@H](O)CNC(=O)NC2CCc3cn[nH]c3C2)cc1. The van der Waals surface area contributed by atoms with E-state index in [1.165, 1.54) is 5.56 Å². The number of fused-ring (bicyclic) bond motifs is 1. The zero-order valence-corrected chi connectivity index (χ0v) is 13.2. The van der Waals surface area contributed by atoms with Crippen LogP contribution >= 0.6 is 0 Å². The smallest absolute Gasteiger partial charge is 0.315 e. The van der Waals surface area contributed by atoms with E-state index in [2.05, 4.69) is 20.8 Å². The van der Waals surface area contributed by atoms with Gasteiger partial charge in [0.25, 0.3) is 0 Å². The van der Waals surface area contributed by atoms with Crippen molar-refractivity contribution in [3.05, 3.63) is 52.8 Å². The highest BCUT2D eigenvalue weighted by Gasteiger charge is 2.21. The molecule has 0 saturated heterocycles. The topological polar surface area (TPSA) is 90.0 Å². The van der Waals surface area contributed by atoms with Crippen LogP contribution in [0.2, 0.25) is 0 Å². The van der Waals surface area contributed by atoms with Crippen LogP contribution in [0.1, 0.15) is 34.9 Å². The van der Waals surface area contributed by atoms with Gasteiger partial charge in [0.2, 0.25) is 0 Å². The molecule has 0 radical (unpaired) electrons. The number of nitrogens with zero attached hydrogens (tertiary/aromatic N) is 1. The lowest BCUT2D eigenvalue weighted by molar-refractivity contribution is 0.172. The van der Waals surface area contributed by atoms with Crippen LogP contribution in [0.25, 0.3) is 0 Å². The maximum absolute atomic E-state index is 12.0. The van der Waals surface area contributed by atoms with Crippen molar-refractivity contribution in [2.75, 3.05) is 6.54 Å². The summed E-state index contributed by atoms with van der Waals surface area (Å²) >= 11 is 0. The molecule has 1 aromatic heterocycles. The number of aromatic nitrogens is 2. The second kappa shape index (κ2) is 6.83. The summed E-state index contributed by atoms with van der Waals surface area (Å²) in [6.45, 7) is 2.19. The van der Waals surface area contributed by atoms with E-state index < -0.39 is 6.10 Å². The minimum atomic E-state index is -0.702. The summed E-state index contributed by atoms with van der Waals surface area (Å²) in [5.74, 6) is 0. The van der Waals surface area contributed by atoms with Gasteiger partial charge in [0.05, 0.1) is 12.3 Å². The number of aromatic amines is 1. The molecule has 2 aromatic rings. The van der Waals surface area contributed by atoms with Gasteiger partial charge in [-0.05, 0) is 30.9 Å². The molecule has 0 bridgehead atoms. The van der Waals surface area contributed by atoms with Crippen molar-refractivity contribution in [1.29, 1.82) is 0 Å². The predicted octanol–water partition coefficient (Wildman–Crippen LogP) is 1.61. The molecular formula is C17H22N4O2. The van der Waals surface area contributed by atoms with Crippen molar-refractivity contribution in [3.8, 4) is 0 Å². The molecule has 0 aliphatic heterocycles. The van der Waals surface area contributed by atoms with E-state index in [4.69, 9.17) is 0 Å². The molecule has 2 atom stereocenters. The number of hydrogen-bond donors (Lipinski definition) is 4. The van der Waals surface area contributed by atoms with Crippen LogP contribution in [0.4, 0.5) is 4.79 Å². The average molecular weight is 314 g/mol. The molecule has 4 N–H and O–H groups in total. The number of benzene rings is 1. The predicted molar refractivity (Wildman–Crippen MR) is 87.1 cm³/mol. The molecule has 0 spiro atoms. The Labute approximate surface area is 135 Å². The lowest BCUT2D eigenvalue weighted by Gasteiger charge is -2.23. The molecule has 1 unspecified atom stereocenters. The minimum absolute atomic E-state index is 0.0967. The van der Waals surface area contributed by atoms with Crippen molar-refractivity contribution in [3.63, 3.8) is 0 Å². The second-order valence-electron chi connectivity index (χ2n) is 6.09. The lowest BCUT2D eigenvalue weighted by Crippen LogP contribution is -2.45. The summed E-state index contributed by atoms with van der Waals surface area (Å²) in [4.78, 5) is 12.0. The molecule has 122 valence electrons. The zero-order valence-electron chi connectivity index (χ0n) is 13.2. The summed E-state index contributed by atoms with van der Waals surface area (Å²) in [6, 6.07) is 7.50. The highest BCUT2D eigenvalue weighted by atomic mass is 16.3. The number of carbonyl (C=O) groups excluding carboxylic acids is 1. The summed E-state index contributed by atoms with van der Waals surface area (Å²) in [5.41, 5.74) is 4.28. The van der Waals surface area contributed by atoms with Crippen molar-refractivity contribution in [2.24, 2.45) is 0 Å². The number of urea groups is 1. The quantitative estimate of drug-likeness (QED) is 0.691. The summed E-state index contributed by atoms with van der Waals surface area (Å²) in [7, 11) is 0. The highest BCUT2D eigenvalue weighted by Crippen LogP contribution is 2.18. The number of amides is 2. The Bertz CT molecular complexity index is 665. The Balaban J connectivity index is 1.45. The molecule has 1 aromatic carbocycles. The number of carbonyl (C=O) groups is 1. The van der Waals surface area contributed by atoms with E-state index in [-0.39, 0.29) is 18.6 Å². The molecule has 0 saturated carbocycles. The minimum Gasteiger partial charge on any atom is -0.387 e. The third-order valence-electron chi connectivity index (χ3n) is 4.27. The van der Waals surface area contributed by atoms with Gasteiger partial charge in [-0.15, -0.1) is 0 Å². The molecule has 1 heterocycles. The largest absolute Gasteiger partial charge is 0.387 e. The number of rotatable bonds is 4. The fourth-order valence-corrected chi connectivity index (χ4v) is 2.86. The van der Waals surface area contributed by atoms with E-state index >= 15 is 0 Å². The van der Waals surface area contributed by atoms with Crippen LogP contribution in [0.15, 0.2) is 30.5 Å². The highest BCUT2D eigenvalue weighted by molar-refractivity contribution is 5.74. The Kier molecular flexibility index (Phi) is 4.62. The molecule has 0 fully saturated rings. The van der Waals surface area contributed by atoms with Gasteiger partial charge in [-0.1, -0.05) is 29.8 Å². The molecular weight excluding hydrogens is 292 g/mol. The van der Waals surface area contributed by atoms with Crippen LogP contribution in [-0.4, -0.2) is 33.9 Å². The normalized spacial score (nSPS) is 18.1. The van der Waals surface area contributed by atoms with Crippen LogP contribution in [-0.2, 0) is 12.8 Å². The van der Waals surface area contributed by atoms with Gasteiger partial charge in [0.1, 0.15) is 0 Å². The fraction of sp³-hybridized carbons (Fsp3) is 0.412. The first kappa shape index (κ1) is 15.6. The van der Waals surface area contributed by atoms with Crippen molar-refractivity contribution in [1.82, 2.24) is 20.8 Å². The monoisotopic (exact) mass is 314 g/mol. The standard InChI is InChI=1S/C17H22N4O2/c1-11-2-4-12(5-3-11)16(22)10-18-17(23)20-14-7-6-13-9-19-21-15(13)8-14/h2-5,9,14,16,22H,6-8,10H2,1H3,(H,19,21)(H2,18,20,23)/t14?,16-/m0/s1. The summed E-state index contributed by atoms with van der Waals surface area (Å²) in [5, 5.41) is 22.8. The van der Waals surface area contributed by atoms with E-state index in [1.54, 1.807) is 0 Å². The molecule has 23 heavy (non-hydrogen) atoms. The maximum Gasteiger partial charge on any atom is 0.315 e. The number of aliphatic hydroxyl groups excluding tert-OH is 1. The number of nitrogens with one attached hydrogen (secondary N) is 3. The van der Waals surface area contributed by atoms with Crippen LogP contribution in [0.3, 0.4) is 0 Å². The molecule has 3 rings (SSSR count). The number of H-pyrrole nitrogens is 1. The first-order valence-corrected chi connectivity index (χ1v) is 7.92. The van der Waals surface area contributed by atoms with Crippen molar-refractivity contribution < 1.29 is 9.90 Å². The Morgan fingerprint density at radius 1 is 1.43 bits per heavy atom. The van der Waals surface area contributed by atoms with E-state index in [0.717, 1.165) is 36.1 Å².